The summed E-state index contributed by atoms with van der Waals surface area (Å²) in [6.07, 6.45) is 2.54. The summed E-state index contributed by atoms with van der Waals surface area (Å²) >= 11 is 0. The quantitative estimate of drug-likeness (QED) is 0.750. The standard InChI is InChI=1S/C18H28N2O2.ClH/c1-4-22-15-13-18(19,17(15,2)3)16(21)20-12-8-11-14-9-6-5-7-10-14;/h5-7,9-10,15H,4,8,11-13,19H2,1-3H3,(H,20,21);1H. The first-order chi connectivity index (χ1) is 10.4. The number of hydrogen-bond acceptors (Lipinski definition) is 3. The van der Waals surface area contributed by atoms with Gasteiger partial charge in [0.25, 0.3) is 0 Å². The predicted molar refractivity (Wildman–Crippen MR) is 95.8 cm³/mol. The third-order valence-electron chi connectivity index (χ3n) is 5.01. The molecule has 5 heteroatoms. The number of benzene rings is 1. The average molecular weight is 341 g/mol. The van der Waals surface area contributed by atoms with Gasteiger partial charge in [0, 0.05) is 25.0 Å². The van der Waals surface area contributed by atoms with Crippen LogP contribution in [0.4, 0.5) is 0 Å². The number of rotatable bonds is 7. The first kappa shape index (κ1) is 19.9. The van der Waals surface area contributed by atoms with Gasteiger partial charge in [0.15, 0.2) is 0 Å². The van der Waals surface area contributed by atoms with Gasteiger partial charge < -0.3 is 15.8 Å². The second-order valence-electron chi connectivity index (χ2n) is 6.69. The molecule has 1 saturated carbocycles. The summed E-state index contributed by atoms with van der Waals surface area (Å²) < 4.78 is 5.66. The molecule has 1 aliphatic rings. The molecule has 3 N–H and O–H groups in total. The monoisotopic (exact) mass is 340 g/mol. The Bertz CT molecular complexity index is 507. The highest BCUT2D eigenvalue weighted by Gasteiger charge is 2.62. The highest BCUT2D eigenvalue weighted by atomic mass is 35.5. The van der Waals surface area contributed by atoms with Crippen LogP contribution in [-0.2, 0) is 16.0 Å². The normalized spacial score (nSPS) is 25.1. The zero-order valence-electron chi connectivity index (χ0n) is 14.3. The Balaban J connectivity index is 0.00000264. The molecule has 1 fully saturated rings. The van der Waals surface area contributed by atoms with Crippen LogP contribution in [0.2, 0.25) is 0 Å². The van der Waals surface area contributed by atoms with E-state index in [0.29, 0.717) is 19.6 Å². The van der Waals surface area contributed by atoms with E-state index >= 15 is 0 Å². The fourth-order valence-corrected chi connectivity index (χ4v) is 3.12. The summed E-state index contributed by atoms with van der Waals surface area (Å²) in [6, 6.07) is 10.3. The third-order valence-corrected chi connectivity index (χ3v) is 5.01. The van der Waals surface area contributed by atoms with E-state index in [0.717, 1.165) is 12.8 Å². The number of aryl methyl sites for hydroxylation is 1. The minimum Gasteiger partial charge on any atom is -0.378 e. The van der Waals surface area contributed by atoms with E-state index in [2.05, 4.69) is 17.4 Å². The van der Waals surface area contributed by atoms with Crippen LogP contribution in [0.1, 0.15) is 39.2 Å². The summed E-state index contributed by atoms with van der Waals surface area (Å²) in [7, 11) is 0. The molecule has 0 saturated heterocycles. The molecular weight excluding hydrogens is 312 g/mol. The second kappa shape index (κ2) is 8.13. The van der Waals surface area contributed by atoms with Crippen molar-refractivity contribution in [2.45, 2.75) is 51.7 Å². The summed E-state index contributed by atoms with van der Waals surface area (Å²) in [5.74, 6) is -0.0542. The number of halogens is 1. The lowest BCUT2D eigenvalue weighted by Crippen LogP contribution is -2.75. The van der Waals surface area contributed by atoms with Crippen molar-refractivity contribution in [3.8, 4) is 0 Å². The highest BCUT2D eigenvalue weighted by Crippen LogP contribution is 2.49. The first-order valence-corrected chi connectivity index (χ1v) is 8.14. The molecule has 0 spiro atoms. The average Bonchev–Trinajstić information content (AvgIpc) is 2.52. The van der Waals surface area contributed by atoms with Gasteiger partial charge in [0.05, 0.1) is 6.10 Å². The molecule has 4 nitrogen and oxygen atoms in total. The van der Waals surface area contributed by atoms with Crippen LogP contribution in [-0.4, -0.2) is 30.7 Å². The van der Waals surface area contributed by atoms with Crippen molar-refractivity contribution in [1.82, 2.24) is 5.32 Å². The van der Waals surface area contributed by atoms with Crippen LogP contribution in [0.5, 0.6) is 0 Å². The molecular formula is C18H29ClN2O2. The minimum absolute atomic E-state index is 0. The molecule has 1 amide bonds. The summed E-state index contributed by atoms with van der Waals surface area (Å²) in [6.45, 7) is 7.31. The Hall–Kier alpha value is -1.10. The summed E-state index contributed by atoms with van der Waals surface area (Å²) in [5.41, 5.74) is 6.49. The lowest BCUT2D eigenvalue weighted by Gasteiger charge is -2.57. The molecule has 0 aliphatic heterocycles. The number of hydrogen-bond donors (Lipinski definition) is 2. The number of amides is 1. The molecule has 130 valence electrons. The first-order valence-electron chi connectivity index (χ1n) is 8.14. The van der Waals surface area contributed by atoms with Crippen LogP contribution < -0.4 is 11.1 Å². The molecule has 0 bridgehead atoms. The molecule has 2 atom stereocenters. The van der Waals surface area contributed by atoms with Crippen molar-refractivity contribution in [2.75, 3.05) is 13.2 Å². The van der Waals surface area contributed by atoms with Gasteiger partial charge in [0.1, 0.15) is 5.54 Å². The van der Waals surface area contributed by atoms with Gasteiger partial charge >= 0.3 is 0 Å². The number of ether oxygens (including phenoxy) is 1. The second-order valence-corrected chi connectivity index (χ2v) is 6.69. The van der Waals surface area contributed by atoms with Crippen molar-refractivity contribution >= 4 is 18.3 Å². The molecule has 0 radical (unpaired) electrons. The van der Waals surface area contributed by atoms with Gasteiger partial charge in [-0.3, -0.25) is 4.79 Å². The Labute approximate surface area is 145 Å². The Morgan fingerprint density at radius 2 is 2.00 bits per heavy atom. The van der Waals surface area contributed by atoms with Crippen molar-refractivity contribution in [1.29, 1.82) is 0 Å². The van der Waals surface area contributed by atoms with E-state index < -0.39 is 5.54 Å². The number of nitrogens with one attached hydrogen (secondary N) is 1. The largest absolute Gasteiger partial charge is 0.378 e. The zero-order valence-corrected chi connectivity index (χ0v) is 15.1. The predicted octanol–water partition coefficient (Wildman–Crippen LogP) is 2.69. The van der Waals surface area contributed by atoms with Crippen LogP contribution >= 0.6 is 12.4 Å². The molecule has 1 aromatic rings. The lowest BCUT2D eigenvalue weighted by molar-refractivity contribution is -0.170. The lowest BCUT2D eigenvalue weighted by atomic mass is 9.54. The molecule has 0 heterocycles. The SMILES string of the molecule is CCOC1CC(N)(C(=O)NCCCc2ccccc2)C1(C)C.Cl. The topological polar surface area (TPSA) is 64.3 Å². The summed E-state index contributed by atoms with van der Waals surface area (Å²) in [5, 5.41) is 2.99. The van der Waals surface area contributed by atoms with Crippen LogP contribution in [0.25, 0.3) is 0 Å². The fraction of sp³-hybridized carbons (Fsp3) is 0.611. The van der Waals surface area contributed by atoms with E-state index in [1.54, 1.807) is 0 Å². The maximum Gasteiger partial charge on any atom is 0.240 e. The van der Waals surface area contributed by atoms with Crippen molar-refractivity contribution in [2.24, 2.45) is 11.1 Å². The highest BCUT2D eigenvalue weighted by molar-refractivity contribution is 5.88. The van der Waals surface area contributed by atoms with E-state index in [9.17, 15) is 4.79 Å². The zero-order chi connectivity index (χ0) is 16.2. The maximum atomic E-state index is 12.4. The van der Waals surface area contributed by atoms with Crippen molar-refractivity contribution in [3.63, 3.8) is 0 Å². The Morgan fingerprint density at radius 3 is 2.57 bits per heavy atom. The van der Waals surface area contributed by atoms with Crippen LogP contribution in [0.3, 0.4) is 0 Å². The van der Waals surface area contributed by atoms with E-state index in [4.69, 9.17) is 10.5 Å². The summed E-state index contributed by atoms with van der Waals surface area (Å²) in [4.78, 5) is 12.4. The molecule has 2 unspecified atom stereocenters. The van der Waals surface area contributed by atoms with Gasteiger partial charge in [-0.1, -0.05) is 44.2 Å². The van der Waals surface area contributed by atoms with Crippen LogP contribution in [0, 0.1) is 5.41 Å². The molecule has 1 aromatic carbocycles. The number of nitrogens with two attached hydrogens (primary N) is 1. The Morgan fingerprint density at radius 1 is 1.35 bits per heavy atom. The third kappa shape index (κ3) is 4.06. The smallest absolute Gasteiger partial charge is 0.240 e. The van der Waals surface area contributed by atoms with Gasteiger partial charge in [-0.2, -0.15) is 0 Å². The number of carbonyl (C=O) groups excluding carboxylic acids is 1. The Kier molecular flexibility index (Phi) is 7.05. The van der Waals surface area contributed by atoms with E-state index in [1.807, 2.05) is 39.0 Å². The van der Waals surface area contributed by atoms with E-state index in [-0.39, 0.29) is 29.8 Å². The molecule has 2 rings (SSSR count). The van der Waals surface area contributed by atoms with Gasteiger partial charge in [-0.05, 0) is 25.3 Å². The minimum atomic E-state index is -0.820. The van der Waals surface area contributed by atoms with Gasteiger partial charge in [-0.25, -0.2) is 0 Å². The molecule has 1 aliphatic carbocycles. The van der Waals surface area contributed by atoms with E-state index in [1.165, 1.54) is 5.56 Å². The maximum absolute atomic E-state index is 12.4. The van der Waals surface area contributed by atoms with Crippen LogP contribution in [0.15, 0.2) is 30.3 Å². The number of carbonyl (C=O) groups is 1. The van der Waals surface area contributed by atoms with Gasteiger partial charge in [-0.15, -0.1) is 12.4 Å². The van der Waals surface area contributed by atoms with Gasteiger partial charge in [0.2, 0.25) is 5.91 Å². The fourth-order valence-electron chi connectivity index (χ4n) is 3.12. The van der Waals surface area contributed by atoms with Crippen molar-refractivity contribution in [3.05, 3.63) is 35.9 Å². The molecule has 0 aromatic heterocycles. The molecule has 23 heavy (non-hydrogen) atoms. The van der Waals surface area contributed by atoms with Crippen molar-refractivity contribution < 1.29 is 9.53 Å².